The first kappa shape index (κ1) is 17.3. The normalized spacial score (nSPS) is 19.9. The lowest BCUT2D eigenvalue weighted by Gasteiger charge is -2.33. The standard InChI is InChI=1S/C19H26N2O2S/c1-14(22)20-18-6-3-9-21(11-18)19(23)13-24-12-15-7-8-16-4-2-5-17(16)10-15/h7-8,10,18H,2-6,9,11-13H2,1H3,(H,20,22)/t18-/m1/s1. The third-order valence-corrected chi connectivity index (χ3v) is 5.83. The maximum absolute atomic E-state index is 12.4. The van der Waals surface area contributed by atoms with Gasteiger partial charge in [0.1, 0.15) is 0 Å². The minimum atomic E-state index is -0.0136. The van der Waals surface area contributed by atoms with Crippen LogP contribution in [0.15, 0.2) is 18.2 Å². The van der Waals surface area contributed by atoms with E-state index in [1.807, 2.05) is 4.90 Å². The van der Waals surface area contributed by atoms with Gasteiger partial charge in [0, 0.05) is 31.8 Å². The SMILES string of the molecule is CC(=O)N[C@@H]1CCCN(C(=O)CSCc2ccc3c(c2)CCC3)C1. The molecule has 1 saturated heterocycles. The molecule has 2 aliphatic rings. The maximum atomic E-state index is 12.4. The molecule has 1 aliphatic carbocycles. The van der Waals surface area contributed by atoms with Crippen LogP contribution >= 0.6 is 11.8 Å². The van der Waals surface area contributed by atoms with Crippen molar-refractivity contribution in [2.75, 3.05) is 18.8 Å². The van der Waals surface area contributed by atoms with Crippen molar-refractivity contribution in [3.05, 3.63) is 34.9 Å². The Kier molecular flexibility index (Phi) is 5.82. The molecule has 1 aromatic rings. The first-order valence-electron chi connectivity index (χ1n) is 8.85. The van der Waals surface area contributed by atoms with E-state index in [1.165, 1.54) is 42.9 Å². The summed E-state index contributed by atoms with van der Waals surface area (Å²) in [6, 6.07) is 6.88. The van der Waals surface area contributed by atoms with E-state index in [0.29, 0.717) is 12.3 Å². The number of amides is 2. The third kappa shape index (κ3) is 4.53. The molecule has 0 unspecified atom stereocenters. The van der Waals surface area contributed by atoms with Crippen LogP contribution in [0.1, 0.15) is 42.9 Å². The van der Waals surface area contributed by atoms with Crippen molar-refractivity contribution < 1.29 is 9.59 Å². The number of likely N-dealkylation sites (tertiary alicyclic amines) is 1. The molecular formula is C19H26N2O2S. The van der Waals surface area contributed by atoms with Crippen LogP contribution in [0.5, 0.6) is 0 Å². The van der Waals surface area contributed by atoms with E-state index in [-0.39, 0.29) is 17.9 Å². The van der Waals surface area contributed by atoms with Gasteiger partial charge in [0.2, 0.25) is 11.8 Å². The van der Waals surface area contributed by atoms with Crippen molar-refractivity contribution in [1.29, 1.82) is 0 Å². The smallest absolute Gasteiger partial charge is 0.232 e. The number of rotatable bonds is 5. The van der Waals surface area contributed by atoms with Crippen LogP contribution in [0.2, 0.25) is 0 Å². The number of aryl methyl sites for hydroxylation is 2. The summed E-state index contributed by atoms with van der Waals surface area (Å²) in [5, 5.41) is 2.93. The van der Waals surface area contributed by atoms with Crippen LogP contribution in [0.4, 0.5) is 0 Å². The molecule has 0 radical (unpaired) electrons. The van der Waals surface area contributed by atoms with Crippen molar-refractivity contribution in [1.82, 2.24) is 10.2 Å². The Balaban J connectivity index is 1.44. The Hall–Kier alpha value is -1.49. The van der Waals surface area contributed by atoms with Gasteiger partial charge < -0.3 is 10.2 Å². The number of thioether (sulfide) groups is 1. The number of fused-ring (bicyclic) bond motifs is 1. The van der Waals surface area contributed by atoms with Crippen LogP contribution in [0, 0.1) is 0 Å². The molecule has 0 spiro atoms. The van der Waals surface area contributed by atoms with Gasteiger partial charge in [-0.3, -0.25) is 9.59 Å². The molecule has 1 fully saturated rings. The van der Waals surface area contributed by atoms with Crippen molar-refractivity contribution >= 4 is 23.6 Å². The van der Waals surface area contributed by atoms with Crippen LogP contribution in [0.25, 0.3) is 0 Å². The van der Waals surface area contributed by atoms with E-state index in [4.69, 9.17) is 0 Å². The van der Waals surface area contributed by atoms with Crippen LogP contribution in [-0.2, 0) is 28.2 Å². The fraction of sp³-hybridized carbons (Fsp3) is 0.579. The van der Waals surface area contributed by atoms with E-state index in [1.54, 1.807) is 11.8 Å². The summed E-state index contributed by atoms with van der Waals surface area (Å²) in [7, 11) is 0. The number of carbonyl (C=O) groups is 2. The van der Waals surface area contributed by atoms with Crippen molar-refractivity contribution in [3.8, 4) is 0 Å². The summed E-state index contributed by atoms with van der Waals surface area (Å²) in [4.78, 5) is 25.5. The molecule has 1 atom stereocenters. The van der Waals surface area contributed by atoms with Crippen LogP contribution < -0.4 is 5.32 Å². The van der Waals surface area contributed by atoms with E-state index < -0.39 is 0 Å². The topological polar surface area (TPSA) is 49.4 Å². The lowest BCUT2D eigenvalue weighted by Crippen LogP contribution is -2.49. The maximum Gasteiger partial charge on any atom is 0.232 e. The summed E-state index contributed by atoms with van der Waals surface area (Å²) in [5.74, 6) is 1.59. The average molecular weight is 346 g/mol. The second-order valence-electron chi connectivity index (χ2n) is 6.83. The first-order chi connectivity index (χ1) is 11.6. The van der Waals surface area contributed by atoms with Gasteiger partial charge in [-0.2, -0.15) is 0 Å². The van der Waals surface area contributed by atoms with Gasteiger partial charge in [-0.05, 0) is 48.8 Å². The minimum Gasteiger partial charge on any atom is -0.352 e. The minimum absolute atomic E-state index is 0.0136. The monoisotopic (exact) mass is 346 g/mol. The zero-order valence-electron chi connectivity index (χ0n) is 14.3. The van der Waals surface area contributed by atoms with Gasteiger partial charge in [-0.1, -0.05) is 18.2 Å². The number of hydrogen-bond donors (Lipinski definition) is 1. The molecule has 0 bridgehead atoms. The molecule has 1 aromatic carbocycles. The molecular weight excluding hydrogens is 320 g/mol. The second-order valence-corrected chi connectivity index (χ2v) is 7.81. The van der Waals surface area contributed by atoms with Crippen molar-refractivity contribution in [2.45, 2.75) is 50.8 Å². The molecule has 0 aromatic heterocycles. The number of nitrogens with zero attached hydrogens (tertiary/aromatic N) is 1. The summed E-state index contributed by atoms with van der Waals surface area (Å²) >= 11 is 1.69. The van der Waals surface area contributed by atoms with Crippen LogP contribution in [-0.4, -0.2) is 41.6 Å². The highest BCUT2D eigenvalue weighted by molar-refractivity contribution is 7.99. The van der Waals surface area contributed by atoms with Gasteiger partial charge in [0.15, 0.2) is 0 Å². The molecule has 1 aliphatic heterocycles. The summed E-state index contributed by atoms with van der Waals surface area (Å²) < 4.78 is 0. The lowest BCUT2D eigenvalue weighted by atomic mass is 10.1. The Morgan fingerprint density at radius 2 is 2.08 bits per heavy atom. The lowest BCUT2D eigenvalue weighted by molar-refractivity contribution is -0.130. The van der Waals surface area contributed by atoms with Gasteiger partial charge in [0.25, 0.3) is 0 Å². The Morgan fingerprint density at radius 1 is 1.25 bits per heavy atom. The Morgan fingerprint density at radius 3 is 2.92 bits per heavy atom. The zero-order valence-corrected chi connectivity index (χ0v) is 15.2. The molecule has 24 heavy (non-hydrogen) atoms. The summed E-state index contributed by atoms with van der Waals surface area (Å²) in [6.07, 6.45) is 5.61. The Labute approximate surface area is 148 Å². The molecule has 2 amide bonds. The fourth-order valence-corrected chi connectivity index (χ4v) is 4.55. The number of hydrogen-bond acceptors (Lipinski definition) is 3. The molecule has 1 N–H and O–H groups in total. The highest BCUT2D eigenvalue weighted by Gasteiger charge is 2.23. The number of carbonyl (C=O) groups excluding carboxylic acids is 2. The van der Waals surface area contributed by atoms with E-state index >= 15 is 0 Å². The third-order valence-electron chi connectivity index (χ3n) is 4.84. The highest BCUT2D eigenvalue weighted by Crippen LogP contribution is 2.24. The predicted molar refractivity (Wildman–Crippen MR) is 98.0 cm³/mol. The molecule has 4 nitrogen and oxygen atoms in total. The van der Waals surface area contributed by atoms with Gasteiger partial charge in [-0.25, -0.2) is 0 Å². The van der Waals surface area contributed by atoms with E-state index in [9.17, 15) is 9.59 Å². The van der Waals surface area contributed by atoms with E-state index in [0.717, 1.165) is 25.1 Å². The molecule has 5 heteroatoms. The number of benzene rings is 1. The van der Waals surface area contributed by atoms with Crippen molar-refractivity contribution in [2.24, 2.45) is 0 Å². The van der Waals surface area contributed by atoms with Crippen LogP contribution in [0.3, 0.4) is 0 Å². The van der Waals surface area contributed by atoms with Crippen molar-refractivity contribution in [3.63, 3.8) is 0 Å². The largest absolute Gasteiger partial charge is 0.352 e. The average Bonchev–Trinajstić information content (AvgIpc) is 3.02. The van der Waals surface area contributed by atoms with Gasteiger partial charge in [0.05, 0.1) is 5.75 Å². The zero-order chi connectivity index (χ0) is 16.9. The van der Waals surface area contributed by atoms with E-state index in [2.05, 4.69) is 23.5 Å². The summed E-state index contributed by atoms with van der Waals surface area (Å²) in [6.45, 7) is 3.00. The summed E-state index contributed by atoms with van der Waals surface area (Å²) in [5.41, 5.74) is 4.31. The quantitative estimate of drug-likeness (QED) is 0.891. The predicted octanol–water partition coefficient (Wildman–Crippen LogP) is 2.54. The number of nitrogens with one attached hydrogen (secondary N) is 1. The van der Waals surface area contributed by atoms with Gasteiger partial charge >= 0.3 is 0 Å². The molecule has 1 heterocycles. The molecule has 130 valence electrons. The second kappa shape index (κ2) is 8.06. The van der Waals surface area contributed by atoms with Gasteiger partial charge in [-0.15, -0.1) is 11.8 Å². The highest BCUT2D eigenvalue weighted by atomic mass is 32.2. The first-order valence-corrected chi connectivity index (χ1v) is 10.0. The molecule has 3 rings (SSSR count). The number of piperidine rings is 1. The Bertz CT molecular complexity index is 617. The fourth-order valence-electron chi connectivity index (χ4n) is 3.67. The molecule has 0 saturated carbocycles.